The lowest BCUT2D eigenvalue weighted by molar-refractivity contribution is 0.198. The number of likely N-dealkylation sites (tertiary alicyclic amines) is 1. The molecule has 0 unspecified atom stereocenters. The predicted molar refractivity (Wildman–Crippen MR) is 116 cm³/mol. The highest BCUT2D eigenvalue weighted by Crippen LogP contribution is 2.16. The summed E-state index contributed by atoms with van der Waals surface area (Å²) in [5.74, 6) is 2.55. The highest BCUT2D eigenvalue weighted by Gasteiger charge is 2.20. The van der Waals surface area contributed by atoms with E-state index in [9.17, 15) is 0 Å². The van der Waals surface area contributed by atoms with Gasteiger partial charge in [0.2, 0.25) is 5.89 Å². The second-order valence-electron chi connectivity index (χ2n) is 8.07. The third-order valence-corrected chi connectivity index (χ3v) is 5.44. The van der Waals surface area contributed by atoms with E-state index < -0.39 is 0 Å². The summed E-state index contributed by atoms with van der Waals surface area (Å²) in [7, 11) is 1.81. The summed E-state index contributed by atoms with van der Waals surface area (Å²) in [6, 6.07) is 9.11. The van der Waals surface area contributed by atoms with Crippen molar-refractivity contribution < 1.29 is 4.52 Å². The molecular weight excluding hydrogens is 364 g/mol. The molecule has 2 N–H and O–H groups in total. The van der Waals surface area contributed by atoms with Crippen molar-refractivity contribution in [2.45, 2.75) is 58.5 Å². The maximum atomic E-state index is 5.29. The van der Waals surface area contributed by atoms with E-state index in [1.807, 2.05) is 7.05 Å². The van der Waals surface area contributed by atoms with E-state index in [2.05, 4.69) is 75.7 Å². The fourth-order valence-corrected chi connectivity index (χ4v) is 3.54. The van der Waals surface area contributed by atoms with E-state index >= 15 is 0 Å². The van der Waals surface area contributed by atoms with Crippen LogP contribution < -0.4 is 10.6 Å². The van der Waals surface area contributed by atoms with Crippen LogP contribution in [0.5, 0.6) is 0 Å². The fraction of sp³-hybridized carbons (Fsp3) is 0.591. The van der Waals surface area contributed by atoms with Gasteiger partial charge in [-0.1, -0.05) is 43.3 Å². The van der Waals surface area contributed by atoms with Crippen molar-refractivity contribution in [2.24, 2.45) is 4.99 Å². The van der Waals surface area contributed by atoms with Crippen molar-refractivity contribution in [3.05, 3.63) is 47.1 Å². The molecule has 1 fully saturated rings. The zero-order valence-electron chi connectivity index (χ0n) is 18.1. The molecule has 1 aromatic carbocycles. The molecule has 0 atom stereocenters. The van der Waals surface area contributed by atoms with Crippen LogP contribution in [0.2, 0.25) is 0 Å². The monoisotopic (exact) mass is 398 g/mol. The van der Waals surface area contributed by atoms with Crippen molar-refractivity contribution in [2.75, 3.05) is 26.7 Å². The molecule has 1 aliphatic heterocycles. The van der Waals surface area contributed by atoms with Crippen LogP contribution in [0.3, 0.4) is 0 Å². The molecule has 1 aromatic heterocycles. The van der Waals surface area contributed by atoms with Crippen molar-refractivity contribution >= 4 is 5.96 Å². The van der Waals surface area contributed by atoms with Gasteiger partial charge in [0.05, 0.1) is 0 Å². The van der Waals surface area contributed by atoms with Gasteiger partial charge in [-0.25, -0.2) is 0 Å². The fourth-order valence-electron chi connectivity index (χ4n) is 3.54. The lowest BCUT2D eigenvalue weighted by atomic mass is 10.0. The lowest BCUT2D eigenvalue weighted by Crippen LogP contribution is -2.48. The number of nitrogens with one attached hydrogen (secondary N) is 2. The molecule has 3 rings (SSSR count). The molecule has 0 aliphatic carbocycles. The van der Waals surface area contributed by atoms with Crippen molar-refractivity contribution in [1.29, 1.82) is 0 Å². The van der Waals surface area contributed by atoms with Gasteiger partial charge in [0.15, 0.2) is 11.8 Å². The largest absolute Gasteiger partial charge is 0.356 e. The topological polar surface area (TPSA) is 78.6 Å². The summed E-state index contributed by atoms with van der Waals surface area (Å²) in [6.07, 6.45) is 2.93. The molecule has 0 amide bonds. The summed E-state index contributed by atoms with van der Waals surface area (Å²) in [4.78, 5) is 11.3. The quantitative estimate of drug-likeness (QED) is 0.552. The van der Waals surface area contributed by atoms with Crippen LogP contribution in [0.25, 0.3) is 0 Å². The van der Waals surface area contributed by atoms with E-state index in [4.69, 9.17) is 4.52 Å². The maximum Gasteiger partial charge on any atom is 0.228 e. The van der Waals surface area contributed by atoms with Crippen LogP contribution in [0, 0.1) is 6.92 Å². The Hall–Kier alpha value is -2.41. The van der Waals surface area contributed by atoms with E-state index in [1.165, 1.54) is 11.1 Å². The molecule has 7 nitrogen and oxygen atoms in total. The first-order chi connectivity index (χ1) is 14.0. The highest BCUT2D eigenvalue weighted by atomic mass is 16.5. The molecule has 0 saturated carbocycles. The Kier molecular flexibility index (Phi) is 7.63. The summed E-state index contributed by atoms with van der Waals surface area (Å²) >= 11 is 0. The number of benzene rings is 1. The Morgan fingerprint density at radius 2 is 2.03 bits per heavy atom. The standard InChI is InChI=1S/C22H34N6O/c1-16(2)21-26-20(29-27-21)9-12-24-22(23-4)25-19-10-13-28(14-11-19)15-18-8-6-5-7-17(18)3/h5-8,16,19H,9-15H2,1-4H3,(H2,23,24,25). The average molecular weight is 399 g/mol. The molecule has 7 heteroatoms. The predicted octanol–water partition coefficient (Wildman–Crippen LogP) is 2.87. The number of aliphatic imine (C=N–C) groups is 1. The van der Waals surface area contributed by atoms with E-state index in [0.29, 0.717) is 24.9 Å². The Morgan fingerprint density at radius 1 is 1.28 bits per heavy atom. The average Bonchev–Trinajstić information content (AvgIpc) is 3.19. The third kappa shape index (κ3) is 6.29. The molecule has 0 bridgehead atoms. The van der Waals surface area contributed by atoms with Crippen LogP contribution in [-0.4, -0.2) is 53.7 Å². The second-order valence-corrected chi connectivity index (χ2v) is 8.07. The summed E-state index contributed by atoms with van der Waals surface area (Å²) in [5.41, 5.74) is 2.80. The first kappa shape index (κ1) is 21.3. The van der Waals surface area contributed by atoms with Gasteiger partial charge in [0.1, 0.15) is 0 Å². The van der Waals surface area contributed by atoms with Crippen LogP contribution >= 0.6 is 0 Å². The van der Waals surface area contributed by atoms with Crippen molar-refractivity contribution in [3.63, 3.8) is 0 Å². The van der Waals surface area contributed by atoms with Crippen molar-refractivity contribution in [1.82, 2.24) is 25.7 Å². The van der Waals surface area contributed by atoms with Gasteiger partial charge in [-0.3, -0.25) is 9.89 Å². The number of piperidine rings is 1. The van der Waals surface area contributed by atoms with E-state index in [-0.39, 0.29) is 5.92 Å². The Bertz CT molecular complexity index is 792. The zero-order valence-corrected chi connectivity index (χ0v) is 18.1. The first-order valence-corrected chi connectivity index (χ1v) is 10.6. The van der Waals surface area contributed by atoms with Gasteiger partial charge in [-0.05, 0) is 30.9 Å². The number of nitrogens with zero attached hydrogens (tertiary/aromatic N) is 4. The molecular formula is C22H34N6O. The van der Waals surface area contributed by atoms with Crippen LogP contribution in [0.4, 0.5) is 0 Å². The number of hydrogen-bond acceptors (Lipinski definition) is 5. The Labute approximate surface area is 174 Å². The molecule has 0 spiro atoms. The van der Waals surface area contributed by atoms with Crippen LogP contribution in [0.1, 0.15) is 55.4 Å². The molecule has 2 aromatic rings. The minimum atomic E-state index is 0.284. The smallest absolute Gasteiger partial charge is 0.228 e. The zero-order chi connectivity index (χ0) is 20.6. The van der Waals surface area contributed by atoms with Gasteiger partial charge in [-0.2, -0.15) is 4.98 Å². The molecule has 29 heavy (non-hydrogen) atoms. The minimum Gasteiger partial charge on any atom is -0.356 e. The highest BCUT2D eigenvalue weighted by molar-refractivity contribution is 5.79. The first-order valence-electron chi connectivity index (χ1n) is 10.6. The number of guanidine groups is 1. The number of hydrogen-bond donors (Lipinski definition) is 2. The van der Waals surface area contributed by atoms with Gasteiger partial charge < -0.3 is 15.2 Å². The summed E-state index contributed by atoms with van der Waals surface area (Å²) < 4.78 is 5.29. The van der Waals surface area contributed by atoms with Crippen molar-refractivity contribution in [3.8, 4) is 0 Å². The number of aromatic nitrogens is 2. The number of aryl methyl sites for hydroxylation is 1. The molecule has 1 saturated heterocycles. The van der Waals surface area contributed by atoms with Gasteiger partial charge in [-0.15, -0.1) is 0 Å². The minimum absolute atomic E-state index is 0.284. The van der Waals surface area contributed by atoms with E-state index in [1.54, 1.807) is 0 Å². The Morgan fingerprint density at radius 3 is 2.69 bits per heavy atom. The third-order valence-electron chi connectivity index (χ3n) is 5.44. The van der Waals surface area contributed by atoms with E-state index in [0.717, 1.165) is 44.3 Å². The van der Waals surface area contributed by atoms with Crippen LogP contribution in [-0.2, 0) is 13.0 Å². The number of rotatable bonds is 7. The van der Waals surface area contributed by atoms with Gasteiger partial charge in [0, 0.05) is 51.6 Å². The second kappa shape index (κ2) is 10.4. The summed E-state index contributed by atoms with van der Waals surface area (Å²) in [6.45, 7) is 10.3. The molecule has 0 radical (unpaired) electrons. The maximum absolute atomic E-state index is 5.29. The molecule has 1 aliphatic rings. The summed E-state index contributed by atoms with van der Waals surface area (Å²) in [5, 5.41) is 10.9. The normalized spacial score (nSPS) is 16.4. The SMILES string of the molecule is CN=C(NCCc1nc(C(C)C)no1)NC1CCN(Cc2ccccc2C)CC1. The molecule has 2 heterocycles. The molecule has 158 valence electrons. The Balaban J connectivity index is 1.38. The van der Waals surface area contributed by atoms with Gasteiger partial charge in [0.25, 0.3) is 0 Å². The van der Waals surface area contributed by atoms with Gasteiger partial charge >= 0.3 is 0 Å². The lowest BCUT2D eigenvalue weighted by Gasteiger charge is -2.33. The van der Waals surface area contributed by atoms with Crippen LogP contribution in [0.15, 0.2) is 33.8 Å².